The Bertz CT molecular complexity index is 308. The zero-order valence-corrected chi connectivity index (χ0v) is 10.1. The molecule has 1 aromatic heterocycles. The van der Waals surface area contributed by atoms with Crippen LogP contribution in [-0.2, 0) is 6.42 Å². The molecule has 1 aromatic rings. The summed E-state index contributed by atoms with van der Waals surface area (Å²) < 4.78 is 0. The first kappa shape index (κ1) is 12.7. The van der Waals surface area contributed by atoms with Gasteiger partial charge in [0, 0.05) is 24.5 Å². The molecule has 0 amide bonds. The van der Waals surface area contributed by atoms with Gasteiger partial charge in [-0.15, -0.1) is 0 Å². The Kier molecular flexibility index (Phi) is 4.80. The van der Waals surface area contributed by atoms with Crippen LogP contribution < -0.4 is 11.5 Å². The van der Waals surface area contributed by atoms with Crippen molar-refractivity contribution in [3.8, 4) is 0 Å². The first-order valence-electron chi connectivity index (χ1n) is 4.79. The summed E-state index contributed by atoms with van der Waals surface area (Å²) in [6, 6.07) is 0.0572. The molecule has 0 aromatic carbocycles. The van der Waals surface area contributed by atoms with Crippen LogP contribution in [0.1, 0.15) is 18.9 Å². The van der Waals surface area contributed by atoms with E-state index >= 15 is 0 Å². The second-order valence-corrected chi connectivity index (χ2v) is 4.57. The SMILES string of the molecule is CC(N)CC(N)Cc1c(Cl)cncc1Cl. The molecule has 5 heteroatoms. The van der Waals surface area contributed by atoms with Crippen molar-refractivity contribution in [2.75, 3.05) is 0 Å². The standard InChI is InChI=1S/C10H15Cl2N3/c1-6(13)2-7(14)3-8-9(11)4-15-5-10(8)12/h4-7H,2-3,13-14H2,1H3. The average molecular weight is 248 g/mol. The maximum atomic E-state index is 5.98. The van der Waals surface area contributed by atoms with Crippen LogP contribution in [0.5, 0.6) is 0 Å². The number of pyridine rings is 1. The number of nitrogens with zero attached hydrogens (tertiary/aromatic N) is 1. The lowest BCUT2D eigenvalue weighted by Crippen LogP contribution is -2.31. The minimum absolute atomic E-state index is 0.0256. The molecular weight excluding hydrogens is 233 g/mol. The van der Waals surface area contributed by atoms with Crippen molar-refractivity contribution in [1.29, 1.82) is 0 Å². The van der Waals surface area contributed by atoms with E-state index in [1.807, 2.05) is 6.92 Å². The van der Waals surface area contributed by atoms with E-state index in [4.69, 9.17) is 34.7 Å². The van der Waals surface area contributed by atoms with Gasteiger partial charge in [0.2, 0.25) is 0 Å². The van der Waals surface area contributed by atoms with E-state index in [0.717, 1.165) is 12.0 Å². The maximum absolute atomic E-state index is 5.98. The quantitative estimate of drug-likeness (QED) is 0.856. The second kappa shape index (κ2) is 5.66. The van der Waals surface area contributed by atoms with E-state index in [1.54, 1.807) is 12.4 Å². The highest BCUT2D eigenvalue weighted by molar-refractivity contribution is 6.35. The predicted octanol–water partition coefficient (Wildman–Crippen LogP) is 2.00. The van der Waals surface area contributed by atoms with E-state index in [1.165, 1.54) is 0 Å². The smallest absolute Gasteiger partial charge is 0.0636 e. The Labute approximate surface area is 99.8 Å². The van der Waals surface area contributed by atoms with Crippen molar-refractivity contribution in [2.24, 2.45) is 11.5 Å². The second-order valence-electron chi connectivity index (χ2n) is 3.76. The molecule has 0 aliphatic carbocycles. The van der Waals surface area contributed by atoms with Crippen LogP contribution >= 0.6 is 23.2 Å². The Morgan fingerprint density at radius 3 is 2.27 bits per heavy atom. The number of rotatable bonds is 4. The summed E-state index contributed by atoms with van der Waals surface area (Å²) in [4.78, 5) is 3.88. The molecule has 0 aliphatic rings. The summed E-state index contributed by atoms with van der Waals surface area (Å²) in [5.41, 5.74) is 12.4. The summed E-state index contributed by atoms with van der Waals surface area (Å²) in [5, 5.41) is 1.12. The molecule has 0 saturated heterocycles. The van der Waals surface area contributed by atoms with E-state index in [2.05, 4.69) is 4.98 Å². The molecule has 3 nitrogen and oxygen atoms in total. The van der Waals surface area contributed by atoms with Crippen LogP contribution in [0.25, 0.3) is 0 Å². The van der Waals surface area contributed by atoms with Gasteiger partial charge in [0.05, 0.1) is 10.0 Å². The van der Waals surface area contributed by atoms with Crippen LogP contribution in [0.2, 0.25) is 10.0 Å². The van der Waals surface area contributed by atoms with Crippen LogP contribution in [0, 0.1) is 0 Å². The van der Waals surface area contributed by atoms with Crippen LogP contribution in [0.15, 0.2) is 12.4 Å². The highest BCUT2D eigenvalue weighted by Gasteiger charge is 2.12. The van der Waals surface area contributed by atoms with E-state index in [0.29, 0.717) is 16.5 Å². The van der Waals surface area contributed by atoms with Gasteiger partial charge >= 0.3 is 0 Å². The van der Waals surface area contributed by atoms with Gasteiger partial charge in [0.25, 0.3) is 0 Å². The van der Waals surface area contributed by atoms with E-state index < -0.39 is 0 Å². The highest BCUT2D eigenvalue weighted by atomic mass is 35.5. The summed E-state index contributed by atoms with van der Waals surface area (Å²) >= 11 is 12.0. The monoisotopic (exact) mass is 247 g/mol. The molecule has 2 unspecified atom stereocenters. The van der Waals surface area contributed by atoms with E-state index in [9.17, 15) is 0 Å². The van der Waals surface area contributed by atoms with Crippen LogP contribution in [-0.4, -0.2) is 17.1 Å². The van der Waals surface area contributed by atoms with Gasteiger partial charge in [0.1, 0.15) is 0 Å². The Balaban J connectivity index is 2.71. The number of halogens is 2. The van der Waals surface area contributed by atoms with Crippen molar-refractivity contribution in [3.05, 3.63) is 28.0 Å². The van der Waals surface area contributed by atoms with Gasteiger partial charge < -0.3 is 11.5 Å². The first-order chi connectivity index (χ1) is 7.00. The topological polar surface area (TPSA) is 64.9 Å². The molecule has 1 heterocycles. The third kappa shape index (κ3) is 3.95. The molecule has 0 aliphatic heterocycles. The fourth-order valence-corrected chi connectivity index (χ4v) is 1.98. The largest absolute Gasteiger partial charge is 0.328 e. The van der Waals surface area contributed by atoms with Crippen LogP contribution in [0.3, 0.4) is 0 Å². The average Bonchev–Trinajstić information content (AvgIpc) is 2.10. The maximum Gasteiger partial charge on any atom is 0.0636 e. The van der Waals surface area contributed by atoms with Gasteiger partial charge in [-0.3, -0.25) is 4.98 Å². The normalized spacial score (nSPS) is 15.0. The number of aromatic nitrogens is 1. The molecular formula is C10H15Cl2N3. The summed E-state index contributed by atoms with van der Waals surface area (Å²) in [6.45, 7) is 1.93. The molecule has 0 bridgehead atoms. The molecule has 2 atom stereocenters. The predicted molar refractivity (Wildman–Crippen MR) is 64.2 cm³/mol. The van der Waals surface area contributed by atoms with Gasteiger partial charge in [0.15, 0.2) is 0 Å². The zero-order valence-electron chi connectivity index (χ0n) is 8.58. The lowest BCUT2D eigenvalue weighted by molar-refractivity contribution is 0.544. The third-order valence-electron chi connectivity index (χ3n) is 2.09. The third-order valence-corrected chi connectivity index (χ3v) is 2.74. The van der Waals surface area contributed by atoms with Crippen molar-refractivity contribution < 1.29 is 0 Å². The molecule has 1 rings (SSSR count). The van der Waals surface area contributed by atoms with Gasteiger partial charge in [-0.1, -0.05) is 23.2 Å². The molecule has 15 heavy (non-hydrogen) atoms. The van der Waals surface area contributed by atoms with Gasteiger partial charge in [-0.25, -0.2) is 0 Å². The fraction of sp³-hybridized carbons (Fsp3) is 0.500. The summed E-state index contributed by atoms with van der Waals surface area (Å²) in [6.07, 6.45) is 4.51. The van der Waals surface area contributed by atoms with Gasteiger partial charge in [-0.2, -0.15) is 0 Å². The Hall–Kier alpha value is -0.350. The molecule has 84 valence electrons. The lowest BCUT2D eigenvalue weighted by atomic mass is 10.0. The number of hydrogen-bond acceptors (Lipinski definition) is 3. The minimum Gasteiger partial charge on any atom is -0.328 e. The number of nitrogens with two attached hydrogens (primary N) is 2. The molecule has 0 radical (unpaired) electrons. The fourth-order valence-electron chi connectivity index (χ4n) is 1.46. The zero-order chi connectivity index (χ0) is 11.4. The Morgan fingerprint density at radius 1 is 1.27 bits per heavy atom. The number of hydrogen-bond donors (Lipinski definition) is 2. The summed E-state index contributed by atoms with van der Waals surface area (Å²) in [7, 11) is 0. The van der Waals surface area contributed by atoms with Crippen LogP contribution in [0.4, 0.5) is 0 Å². The molecule has 4 N–H and O–H groups in total. The van der Waals surface area contributed by atoms with Crippen molar-refractivity contribution >= 4 is 23.2 Å². The minimum atomic E-state index is -0.0256. The molecule has 0 fully saturated rings. The molecule has 0 saturated carbocycles. The lowest BCUT2D eigenvalue weighted by Gasteiger charge is -2.15. The highest BCUT2D eigenvalue weighted by Crippen LogP contribution is 2.24. The van der Waals surface area contributed by atoms with Crippen molar-refractivity contribution in [2.45, 2.75) is 31.8 Å². The molecule has 0 spiro atoms. The van der Waals surface area contributed by atoms with Gasteiger partial charge in [-0.05, 0) is 25.3 Å². The van der Waals surface area contributed by atoms with Crippen molar-refractivity contribution in [3.63, 3.8) is 0 Å². The first-order valence-corrected chi connectivity index (χ1v) is 5.55. The Morgan fingerprint density at radius 2 is 1.80 bits per heavy atom. The summed E-state index contributed by atoms with van der Waals surface area (Å²) in [5.74, 6) is 0. The van der Waals surface area contributed by atoms with E-state index in [-0.39, 0.29) is 12.1 Å². The van der Waals surface area contributed by atoms with Crippen molar-refractivity contribution in [1.82, 2.24) is 4.98 Å².